The molecule has 0 unspecified atom stereocenters. The van der Waals surface area contributed by atoms with Crippen LogP contribution in [0.5, 0.6) is 5.75 Å². The highest BCUT2D eigenvalue weighted by Crippen LogP contribution is 2.29. The Balaban J connectivity index is 0.00000103. The lowest BCUT2D eigenvalue weighted by molar-refractivity contribution is -0.123. The molecule has 11 nitrogen and oxygen atoms in total. The number of amides is 3. The molecule has 0 radical (unpaired) electrons. The van der Waals surface area contributed by atoms with E-state index in [4.69, 9.17) is 19.2 Å². The molecule has 3 heterocycles. The molecule has 3 N–H and O–H groups in total. The maximum atomic E-state index is 13.2. The third-order valence-corrected chi connectivity index (χ3v) is 5.74. The smallest absolute Gasteiger partial charge is 0.293 e. The summed E-state index contributed by atoms with van der Waals surface area (Å²) in [5.41, 5.74) is 2.00. The van der Waals surface area contributed by atoms with E-state index >= 15 is 0 Å². The Morgan fingerprint density at radius 1 is 1.18 bits per heavy atom. The molecule has 4 rings (SSSR count). The number of carboxylic acid groups (broad SMARTS) is 1. The lowest BCUT2D eigenvalue weighted by atomic mass is 10.1. The molecule has 3 amide bonds. The van der Waals surface area contributed by atoms with Crippen LogP contribution < -0.4 is 15.4 Å². The predicted molar refractivity (Wildman–Crippen MR) is 120 cm³/mol. The first-order chi connectivity index (χ1) is 16.3. The van der Waals surface area contributed by atoms with Crippen LogP contribution in [0.1, 0.15) is 51.4 Å². The number of carbonyl (C=O) groups excluding carboxylic acids is 3. The number of nitrogens with one attached hydrogen (secondary N) is 2. The molecular weight excluding hydrogens is 444 g/mol. The zero-order valence-electron chi connectivity index (χ0n) is 19.1. The van der Waals surface area contributed by atoms with E-state index in [-0.39, 0.29) is 61.6 Å². The second kappa shape index (κ2) is 11.3. The zero-order valence-corrected chi connectivity index (χ0v) is 19.1. The van der Waals surface area contributed by atoms with Crippen LogP contribution in [-0.4, -0.2) is 71.1 Å². The van der Waals surface area contributed by atoms with E-state index in [0.717, 1.165) is 5.56 Å². The SMILES string of the molecule is Cc1cc(C(=O)N2[C@@H]3CC[C@H]2CC(=O)NCCOc2cc(ccc2C)C(=O)NC3)on1.O=CO. The molecule has 1 fully saturated rings. The van der Waals surface area contributed by atoms with E-state index < -0.39 is 0 Å². The average Bonchev–Trinajstić information content (AvgIpc) is 3.41. The minimum absolute atomic E-state index is 0.135. The first kappa shape index (κ1) is 24.7. The van der Waals surface area contributed by atoms with Crippen LogP contribution in [0.25, 0.3) is 0 Å². The average molecular weight is 472 g/mol. The summed E-state index contributed by atoms with van der Waals surface area (Å²) in [6.07, 6.45) is 1.52. The van der Waals surface area contributed by atoms with Crippen molar-refractivity contribution in [3.8, 4) is 5.75 Å². The fraction of sp³-hybridized carbons (Fsp3) is 0.435. The second-order valence-electron chi connectivity index (χ2n) is 8.13. The van der Waals surface area contributed by atoms with E-state index in [1.54, 1.807) is 30.0 Å². The van der Waals surface area contributed by atoms with Crippen molar-refractivity contribution in [3.63, 3.8) is 0 Å². The van der Waals surface area contributed by atoms with Gasteiger partial charge in [0.05, 0.1) is 12.2 Å². The van der Waals surface area contributed by atoms with Crippen molar-refractivity contribution in [1.82, 2.24) is 20.7 Å². The summed E-state index contributed by atoms with van der Waals surface area (Å²) in [7, 11) is 0. The van der Waals surface area contributed by atoms with E-state index in [2.05, 4.69) is 15.8 Å². The van der Waals surface area contributed by atoms with Gasteiger partial charge in [0, 0.05) is 36.7 Å². The highest BCUT2D eigenvalue weighted by atomic mass is 16.5. The summed E-state index contributed by atoms with van der Waals surface area (Å²) in [5, 5.41) is 16.5. The van der Waals surface area contributed by atoms with Gasteiger partial charge in [-0.1, -0.05) is 11.2 Å². The van der Waals surface area contributed by atoms with E-state index in [9.17, 15) is 14.4 Å². The minimum atomic E-state index is -0.319. The van der Waals surface area contributed by atoms with Gasteiger partial charge >= 0.3 is 0 Å². The number of ether oxygens (including phenoxy) is 1. The highest BCUT2D eigenvalue weighted by Gasteiger charge is 2.39. The molecule has 34 heavy (non-hydrogen) atoms. The topological polar surface area (TPSA) is 151 Å². The molecule has 1 aromatic heterocycles. The molecule has 0 saturated carbocycles. The molecule has 1 saturated heterocycles. The monoisotopic (exact) mass is 472 g/mol. The van der Waals surface area contributed by atoms with Gasteiger partial charge in [-0.25, -0.2) is 0 Å². The minimum Gasteiger partial charge on any atom is -0.491 e. The summed E-state index contributed by atoms with van der Waals surface area (Å²) in [4.78, 5) is 48.4. The largest absolute Gasteiger partial charge is 0.491 e. The fourth-order valence-electron chi connectivity index (χ4n) is 4.13. The van der Waals surface area contributed by atoms with Crippen LogP contribution in [0.15, 0.2) is 28.8 Å². The third kappa shape index (κ3) is 5.91. The van der Waals surface area contributed by atoms with Crippen LogP contribution in [0, 0.1) is 13.8 Å². The lowest BCUT2D eigenvalue weighted by Crippen LogP contribution is -2.47. The molecule has 2 atom stereocenters. The predicted octanol–water partition coefficient (Wildman–Crippen LogP) is 1.29. The molecule has 2 aliphatic heterocycles. The van der Waals surface area contributed by atoms with Crippen LogP contribution >= 0.6 is 0 Å². The van der Waals surface area contributed by atoms with Gasteiger partial charge in [-0.05, 0) is 44.4 Å². The highest BCUT2D eigenvalue weighted by molar-refractivity contribution is 5.95. The van der Waals surface area contributed by atoms with Crippen LogP contribution in [-0.2, 0) is 9.59 Å². The van der Waals surface area contributed by atoms with Gasteiger partial charge < -0.3 is 29.9 Å². The number of aryl methyl sites for hydroxylation is 2. The molecule has 11 heteroatoms. The summed E-state index contributed by atoms with van der Waals surface area (Å²) in [5.74, 6) is 0.0392. The maximum Gasteiger partial charge on any atom is 0.293 e. The lowest BCUT2D eigenvalue weighted by Gasteiger charge is -2.29. The summed E-state index contributed by atoms with van der Waals surface area (Å²) >= 11 is 0. The van der Waals surface area contributed by atoms with Gasteiger partial charge in [-0.3, -0.25) is 19.2 Å². The second-order valence-corrected chi connectivity index (χ2v) is 8.13. The van der Waals surface area contributed by atoms with Crippen molar-refractivity contribution in [2.45, 2.75) is 45.2 Å². The molecule has 1 aromatic carbocycles. The van der Waals surface area contributed by atoms with E-state index in [0.29, 0.717) is 36.4 Å². The standard InChI is InChI=1S/C22H26N4O5.CH2O2/c1-13-3-4-15-10-18(13)30-8-7-23-20(27)11-16-5-6-17(12-24-21(15)28)26(16)22(29)19-9-14(2)25-31-19;2-1-3/h3-4,9-10,16-17H,5-8,11-12H2,1-2H3,(H,23,27)(H,24,28);1H,(H,2,3)/t16-,17+;/m0./s1. The van der Waals surface area contributed by atoms with Crippen molar-refractivity contribution >= 4 is 24.2 Å². The number of fused-ring (bicyclic) bond motifs is 4. The number of hydrogen-bond acceptors (Lipinski definition) is 7. The Bertz CT molecular complexity index is 1050. The van der Waals surface area contributed by atoms with Crippen LogP contribution in [0.3, 0.4) is 0 Å². The van der Waals surface area contributed by atoms with Crippen molar-refractivity contribution in [1.29, 1.82) is 0 Å². The van der Waals surface area contributed by atoms with Gasteiger partial charge in [0.1, 0.15) is 12.4 Å². The van der Waals surface area contributed by atoms with Gasteiger partial charge in [0.25, 0.3) is 18.3 Å². The van der Waals surface area contributed by atoms with Gasteiger partial charge in [0.2, 0.25) is 11.7 Å². The Kier molecular flexibility index (Phi) is 8.23. The molecule has 182 valence electrons. The number of nitrogens with zero attached hydrogens (tertiary/aromatic N) is 2. The Hall–Kier alpha value is -3.89. The summed E-state index contributed by atoms with van der Waals surface area (Å²) in [6.45, 7) is 4.29. The number of benzene rings is 1. The first-order valence-corrected chi connectivity index (χ1v) is 11.0. The molecule has 2 aromatic rings. The Morgan fingerprint density at radius 3 is 2.62 bits per heavy atom. The first-order valence-electron chi connectivity index (χ1n) is 11.0. The molecule has 4 bridgehead atoms. The Labute approximate surface area is 196 Å². The Morgan fingerprint density at radius 2 is 1.91 bits per heavy atom. The third-order valence-electron chi connectivity index (χ3n) is 5.74. The van der Waals surface area contributed by atoms with Crippen molar-refractivity contribution in [3.05, 3.63) is 46.8 Å². The van der Waals surface area contributed by atoms with Crippen molar-refractivity contribution in [2.75, 3.05) is 19.7 Å². The zero-order chi connectivity index (χ0) is 24.7. The number of aromatic nitrogens is 1. The fourth-order valence-corrected chi connectivity index (χ4v) is 4.13. The van der Waals surface area contributed by atoms with Crippen molar-refractivity contribution < 1.29 is 33.5 Å². The number of carbonyl (C=O) groups is 4. The quantitative estimate of drug-likeness (QED) is 0.525. The van der Waals surface area contributed by atoms with Crippen molar-refractivity contribution in [2.24, 2.45) is 0 Å². The maximum absolute atomic E-state index is 13.2. The van der Waals surface area contributed by atoms with Gasteiger partial charge in [0.15, 0.2) is 0 Å². The van der Waals surface area contributed by atoms with Crippen LogP contribution in [0.2, 0.25) is 0 Å². The molecular formula is C23H28N4O7. The van der Waals surface area contributed by atoms with Gasteiger partial charge in [-0.2, -0.15) is 0 Å². The van der Waals surface area contributed by atoms with Crippen LogP contribution in [0.4, 0.5) is 0 Å². The number of rotatable bonds is 1. The number of hydrogen-bond donors (Lipinski definition) is 3. The van der Waals surface area contributed by atoms with Gasteiger partial charge in [-0.15, -0.1) is 0 Å². The van der Waals surface area contributed by atoms with E-state index in [1.807, 2.05) is 13.0 Å². The molecule has 0 aliphatic carbocycles. The molecule has 0 spiro atoms. The van der Waals surface area contributed by atoms with E-state index in [1.165, 1.54) is 0 Å². The summed E-state index contributed by atoms with van der Waals surface area (Å²) in [6, 6.07) is 6.33. The normalized spacial score (nSPS) is 20.5. The summed E-state index contributed by atoms with van der Waals surface area (Å²) < 4.78 is 10.9. The molecule has 2 aliphatic rings.